The van der Waals surface area contributed by atoms with Gasteiger partial charge in [-0.15, -0.1) is 11.3 Å². The highest BCUT2D eigenvalue weighted by Gasteiger charge is 2.11. The third-order valence-corrected chi connectivity index (χ3v) is 4.97. The molecule has 4 rings (SSSR count). The molecule has 0 spiro atoms. The van der Waals surface area contributed by atoms with Crippen LogP contribution in [0.1, 0.15) is 5.56 Å². The van der Waals surface area contributed by atoms with Gasteiger partial charge in [0.25, 0.3) is 0 Å². The van der Waals surface area contributed by atoms with E-state index in [2.05, 4.69) is 55.5 Å². The number of hydrogen-bond donors (Lipinski definition) is 0. The summed E-state index contributed by atoms with van der Waals surface area (Å²) < 4.78 is 1.33. The lowest BCUT2D eigenvalue weighted by Crippen LogP contribution is -1.84. The van der Waals surface area contributed by atoms with E-state index in [1.165, 1.54) is 25.9 Å². The maximum absolute atomic E-state index is 4.81. The van der Waals surface area contributed by atoms with Gasteiger partial charge in [-0.1, -0.05) is 42.5 Å². The van der Waals surface area contributed by atoms with Gasteiger partial charge in [-0.2, -0.15) is 0 Å². The normalized spacial score (nSPS) is 11.2. The first-order valence-electron chi connectivity index (χ1n) is 6.67. The van der Waals surface area contributed by atoms with Gasteiger partial charge < -0.3 is 0 Å². The molecule has 0 saturated heterocycles. The molecule has 4 aromatic rings. The average molecular weight is 275 g/mol. The van der Waals surface area contributed by atoms with Gasteiger partial charge in [0.2, 0.25) is 0 Å². The number of hydrogen-bond acceptors (Lipinski definition) is 2. The number of nitrogens with zero attached hydrogens (tertiary/aromatic N) is 1. The van der Waals surface area contributed by atoms with E-state index in [0.29, 0.717) is 0 Å². The van der Waals surface area contributed by atoms with E-state index in [-0.39, 0.29) is 0 Å². The molecule has 0 bridgehead atoms. The van der Waals surface area contributed by atoms with E-state index in [0.717, 1.165) is 11.2 Å². The fourth-order valence-corrected chi connectivity index (χ4v) is 3.79. The Morgan fingerprint density at radius 3 is 2.55 bits per heavy atom. The molecule has 0 fully saturated rings. The Labute approximate surface area is 121 Å². The lowest BCUT2D eigenvalue weighted by Gasteiger charge is -2.02. The minimum Gasteiger partial charge on any atom is -0.247 e. The van der Waals surface area contributed by atoms with E-state index >= 15 is 0 Å². The molecule has 20 heavy (non-hydrogen) atoms. The lowest BCUT2D eigenvalue weighted by molar-refractivity contribution is 1.40. The van der Waals surface area contributed by atoms with Crippen molar-refractivity contribution in [3.8, 4) is 10.6 Å². The Balaban J connectivity index is 1.98. The molecule has 2 aromatic heterocycles. The van der Waals surface area contributed by atoms with Gasteiger partial charge in [-0.3, -0.25) is 0 Å². The largest absolute Gasteiger partial charge is 0.247 e. The first kappa shape index (κ1) is 11.6. The van der Waals surface area contributed by atoms with Crippen LogP contribution in [-0.2, 0) is 0 Å². The van der Waals surface area contributed by atoms with E-state index in [1.54, 1.807) is 0 Å². The fraction of sp³-hybridized carbons (Fsp3) is 0.0556. The maximum Gasteiger partial charge on any atom is 0.0812 e. The van der Waals surface area contributed by atoms with Crippen LogP contribution in [0, 0.1) is 6.92 Å². The van der Waals surface area contributed by atoms with Crippen LogP contribution in [-0.4, -0.2) is 4.98 Å². The van der Waals surface area contributed by atoms with Crippen LogP contribution in [0.15, 0.2) is 60.7 Å². The van der Waals surface area contributed by atoms with Gasteiger partial charge in [0.15, 0.2) is 0 Å². The number of para-hydroxylation sites is 1. The van der Waals surface area contributed by atoms with Gasteiger partial charge in [0.1, 0.15) is 0 Å². The van der Waals surface area contributed by atoms with Crippen molar-refractivity contribution in [2.75, 3.05) is 0 Å². The molecule has 0 atom stereocenters. The van der Waals surface area contributed by atoms with Gasteiger partial charge in [0, 0.05) is 10.1 Å². The maximum atomic E-state index is 4.81. The minimum atomic E-state index is 1.06. The number of thiophene rings is 1. The zero-order valence-corrected chi connectivity index (χ0v) is 11.9. The highest BCUT2D eigenvalue weighted by Crippen LogP contribution is 2.37. The number of fused-ring (bicyclic) bond motifs is 2. The summed E-state index contributed by atoms with van der Waals surface area (Å²) in [6.07, 6.45) is 0. The SMILES string of the molecule is Cc1c(-c2ccc3ccccc3n2)sc2ccccc12. The van der Waals surface area contributed by atoms with E-state index in [9.17, 15) is 0 Å². The molecule has 2 aromatic carbocycles. The molecular formula is C18H13NS. The predicted molar refractivity (Wildman–Crippen MR) is 87.3 cm³/mol. The quantitative estimate of drug-likeness (QED) is 0.451. The Bertz CT molecular complexity index is 921. The summed E-state index contributed by atoms with van der Waals surface area (Å²) >= 11 is 1.82. The number of rotatable bonds is 1. The van der Waals surface area contributed by atoms with Gasteiger partial charge in [-0.05, 0) is 36.1 Å². The van der Waals surface area contributed by atoms with E-state index < -0.39 is 0 Å². The molecule has 2 heterocycles. The van der Waals surface area contributed by atoms with E-state index in [1.807, 2.05) is 23.5 Å². The molecule has 1 nitrogen and oxygen atoms in total. The van der Waals surface area contributed by atoms with Crippen molar-refractivity contribution < 1.29 is 0 Å². The molecule has 0 saturated carbocycles. The molecular weight excluding hydrogens is 262 g/mol. The second-order valence-electron chi connectivity index (χ2n) is 4.94. The Kier molecular flexibility index (Phi) is 2.57. The fourth-order valence-electron chi connectivity index (χ4n) is 2.61. The first-order valence-corrected chi connectivity index (χ1v) is 7.49. The number of aromatic nitrogens is 1. The highest BCUT2D eigenvalue weighted by molar-refractivity contribution is 7.22. The van der Waals surface area contributed by atoms with Crippen LogP contribution in [0.4, 0.5) is 0 Å². The molecule has 0 aliphatic carbocycles. The second-order valence-corrected chi connectivity index (χ2v) is 5.99. The Morgan fingerprint density at radius 2 is 1.65 bits per heavy atom. The zero-order chi connectivity index (χ0) is 13.5. The van der Waals surface area contributed by atoms with Crippen LogP contribution in [0.2, 0.25) is 0 Å². The summed E-state index contributed by atoms with van der Waals surface area (Å²) in [6, 6.07) is 21.1. The Hall–Kier alpha value is -2.19. The Morgan fingerprint density at radius 1 is 0.850 bits per heavy atom. The van der Waals surface area contributed by atoms with Crippen LogP contribution in [0.3, 0.4) is 0 Å². The summed E-state index contributed by atoms with van der Waals surface area (Å²) in [6.45, 7) is 2.19. The third kappa shape index (κ3) is 1.73. The van der Waals surface area contributed by atoms with E-state index in [4.69, 9.17) is 4.98 Å². The van der Waals surface area contributed by atoms with Crippen LogP contribution in [0.5, 0.6) is 0 Å². The number of aryl methyl sites for hydroxylation is 1. The molecule has 96 valence electrons. The second kappa shape index (κ2) is 4.43. The monoisotopic (exact) mass is 275 g/mol. The third-order valence-electron chi connectivity index (χ3n) is 3.67. The molecule has 2 heteroatoms. The first-order chi connectivity index (χ1) is 9.83. The zero-order valence-electron chi connectivity index (χ0n) is 11.1. The van der Waals surface area contributed by atoms with Crippen LogP contribution in [0.25, 0.3) is 31.6 Å². The summed E-state index contributed by atoms with van der Waals surface area (Å²) in [5.74, 6) is 0. The van der Waals surface area contributed by atoms with Crippen molar-refractivity contribution >= 4 is 32.3 Å². The van der Waals surface area contributed by atoms with Crippen LogP contribution >= 0.6 is 11.3 Å². The summed E-state index contributed by atoms with van der Waals surface area (Å²) in [5.41, 5.74) is 3.46. The van der Waals surface area contributed by atoms with Gasteiger partial charge in [0.05, 0.1) is 16.1 Å². The average Bonchev–Trinajstić information content (AvgIpc) is 2.84. The molecule has 0 aliphatic rings. The summed E-state index contributed by atoms with van der Waals surface area (Å²) in [5, 5.41) is 2.53. The molecule has 0 unspecified atom stereocenters. The predicted octanol–water partition coefficient (Wildman–Crippen LogP) is 5.42. The molecule has 0 amide bonds. The molecule has 0 aliphatic heterocycles. The summed E-state index contributed by atoms with van der Waals surface area (Å²) in [4.78, 5) is 6.09. The van der Waals surface area contributed by atoms with Gasteiger partial charge >= 0.3 is 0 Å². The van der Waals surface area contributed by atoms with Crippen molar-refractivity contribution in [3.63, 3.8) is 0 Å². The minimum absolute atomic E-state index is 1.06. The summed E-state index contributed by atoms with van der Waals surface area (Å²) in [7, 11) is 0. The number of pyridine rings is 1. The highest BCUT2D eigenvalue weighted by atomic mass is 32.1. The number of benzene rings is 2. The van der Waals surface area contributed by atoms with Crippen molar-refractivity contribution in [2.45, 2.75) is 6.92 Å². The standard InChI is InChI=1S/C18H13NS/c1-12-14-7-3-5-9-17(14)20-18(12)16-11-10-13-6-2-4-8-15(13)19-16/h2-11H,1H3. The topological polar surface area (TPSA) is 12.9 Å². The van der Waals surface area contributed by atoms with Crippen molar-refractivity contribution in [3.05, 3.63) is 66.2 Å². The van der Waals surface area contributed by atoms with Crippen molar-refractivity contribution in [1.29, 1.82) is 0 Å². The van der Waals surface area contributed by atoms with Gasteiger partial charge in [-0.25, -0.2) is 4.98 Å². The molecule has 0 N–H and O–H groups in total. The lowest BCUT2D eigenvalue weighted by atomic mass is 10.1. The molecule has 0 radical (unpaired) electrons. The van der Waals surface area contributed by atoms with Crippen molar-refractivity contribution in [2.24, 2.45) is 0 Å². The smallest absolute Gasteiger partial charge is 0.0812 e. The van der Waals surface area contributed by atoms with Crippen molar-refractivity contribution in [1.82, 2.24) is 4.98 Å². The van der Waals surface area contributed by atoms with Crippen LogP contribution < -0.4 is 0 Å².